The Labute approximate surface area is 106 Å². The molecule has 1 N–H and O–H groups in total. The second-order valence-corrected chi connectivity index (χ2v) is 4.69. The van der Waals surface area contributed by atoms with Gasteiger partial charge in [-0.15, -0.1) is 11.6 Å². The number of alkyl halides is 1. The van der Waals surface area contributed by atoms with Crippen LogP contribution in [-0.4, -0.2) is 19.0 Å². The van der Waals surface area contributed by atoms with Gasteiger partial charge in [0.15, 0.2) is 0 Å². The van der Waals surface area contributed by atoms with E-state index in [1.54, 1.807) is 0 Å². The molecule has 0 radical (unpaired) electrons. The number of hydrogen-bond acceptors (Lipinski definition) is 2. The molecule has 1 aliphatic heterocycles. The van der Waals surface area contributed by atoms with E-state index in [0.29, 0.717) is 5.88 Å². The molecule has 1 aliphatic rings. The molecule has 4 heteroatoms. The van der Waals surface area contributed by atoms with Crippen molar-refractivity contribution in [1.29, 1.82) is 0 Å². The van der Waals surface area contributed by atoms with E-state index in [1.807, 2.05) is 12.1 Å². The number of halogens is 2. The molecule has 0 spiro atoms. The summed E-state index contributed by atoms with van der Waals surface area (Å²) >= 11 is 11.7. The third kappa shape index (κ3) is 2.82. The van der Waals surface area contributed by atoms with E-state index in [9.17, 15) is 0 Å². The Balaban J connectivity index is 2.03. The Morgan fingerprint density at radius 3 is 3.06 bits per heavy atom. The highest BCUT2D eigenvalue weighted by molar-refractivity contribution is 6.30. The third-order valence-corrected chi connectivity index (χ3v) is 3.11. The van der Waals surface area contributed by atoms with E-state index in [4.69, 9.17) is 27.9 Å². The highest BCUT2D eigenvalue weighted by atomic mass is 35.5. The Kier molecular flexibility index (Phi) is 4.33. The smallest absolute Gasteiger partial charge is 0.127 e. The topological polar surface area (TPSA) is 21.3 Å². The average molecular weight is 260 g/mol. The van der Waals surface area contributed by atoms with E-state index in [2.05, 4.69) is 5.32 Å². The molecular weight excluding hydrogens is 245 g/mol. The maximum atomic E-state index is 6.06. The Morgan fingerprint density at radius 2 is 2.25 bits per heavy atom. The minimum absolute atomic E-state index is 0.692. The van der Waals surface area contributed by atoms with Gasteiger partial charge in [0, 0.05) is 29.4 Å². The lowest BCUT2D eigenvalue weighted by Crippen LogP contribution is -2.15. The molecule has 0 saturated heterocycles. The van der Waals surface area contributed by atoms with Crippen LogP contribution in [0.5, 0.6) is 5.75 Å². The first-order chi connectivity index (χ1) is 7.81. The first-order valence-corrected chi connectivity index (χ1v) is 6.43. The zero-order valence-corrected chi connectivity index (χ0v) is 10.6. The van der Waals surface area contributed by atoms with Crippen molar-refractivity contribution in [1.82, 2.24) is 5.32 Å². The van der Waals surface area contributed by atoms with Crippen molar-refractivity contribution in [2.24, 2.45) is 0 Å². The van der Waals surface area contributed by atoms with Crippen molar-refractivity contribution in [3.63, 3.8) is 0 Å². The molecule has 1 aromatic rings. The van der Waals surface area contributed by atoms with E-state index in [1.165, 1.54) is 5.56 Å². The lowest BCUT2D eigenvalue weighted by atomic mass is 10.1. The predicted octanol–water partition coefficient (Wildman–Crippen LogP) is 2.99. The number of rotatable bonds is 5. The van der Waals surface area contributed by atoms with Crippen LogP contribution < -0.4 is 10.1 Å². The monoisotopic (exact) mass is 259 g/mol. The summed E-state index contributed by atoms with van der Waals surface area (Å²) in [5, 5.41) is 4.13. The Bertz CT molecular complexity index is 368. The van der Waals surface area contributed by atoms with Crippen LogP contribution in [0.15, 0.2) is 12.1 Å². The molecule has 16 heavy (non-hydrogen) atoms. The molecule has 0 unspecified atom stereocenters. The summed E-state index contributed by atoms with van der Waals surface area (Å²) in [6.07, 6.45) is 1.94. The molecular formula is C12H15Cl2NO. The van der Waals surface area contributed by atoms with Crippen LogP contribution in [-0.2, 0) is 13.0 Å². The zero-order valence-electron chi connectivity index (χ0n) is 9.06. The number of hydrogen-bond donors (Lipinski definition) is 1. The number of fused-ring (bicyclic) bond motifs is 1. The summed E-state index contributed by atoms with van der Waals surface area (Å²) in [5.74, 6) is 1.71. The summed E-state index contributed by atoms with van der Waals surface area (Å²) in [6.45, 7) is 2.48. The van der Waals surface area contributed by atoms with E-state index < -0.39 is 0 Å². The first-order valence-electron chi connectivity index (χ1n) is 5.52. The second-order valence-electron chi connectivity index (χ2n) is 3.87. The van der Waals surface area contributed by atoms with Gasteiger partial charge in [-0.2, -0.15) is 0 Å². The number of ether oxygens (including phenoxy) is 1. The summed E-state index contributed by atoms with van der Waals surface area (Å²) < 4.78 is 5.62. The van der Waals surface area contributed by atoms with Crippen molar-refractivity contribution in [2.45, 2.75) is 19.4 Å². The lowest BCUT2D eigenvalue weighted by molar-refractivity contribution is 0.352. The fourth-order valence-corrected chi connectivity index (χ4v) is 2.29. The van der Waals surface area contributed by atoms with Gasteiger partial charge in [0.1, 0.15) is 5.75 Å². The normalized spacial score (nSPS) is 13.6. The molecule has 2 nitrogen and oxygen atoms in total. The molecule has 0 aliphatic carbocycles. The van der Waals surface area contributed by atoms with Gasteiger partial charge in [-0.1, -0.05) is 11.6 Å². The van der Waals surface area contributed by atoms with Crippen LogP contribution in [0.2, 0.25) is 5.02 Å². The highest BCUT2D eigenvalue weighted by Crippen LogP contribution is 2.32. The van der Waals surface area contributed by atoms with Gasteiger partial charge in [-0.05, 0) is 30.7 Å². The molecule has 0 amide bonds. The van der Waals surface area contributed by atoms with Gasteiger partial charge >= 0.3 is 0 Å². The molecule has 0 atom stereocenters. The van der Waals surface area contributed by atoms with Crippen molar-refractivity contribution >= 4 is 23.2 Å². The summed E-state index contributed by atoms with van der Waals surface area (Å²) in [4.78, 5) is 0. The highest BCUT2D eigenvalue weighted by Gasteiger charge is 2.16. The maximum absolute atomic E-state index is 6.06. The van der Waals surface area contributed by atoms with Crippen LogP contribution in [0.4, 0.5) is 0 Å². The lowest BCUT2D eigenvalue weighted by Gasteiger charge is -2.09. The first kappa shape index (κ1) is 12.0. The fourth-order valence-electron chi connectivity index (χ4n) is 1.89. The Morgan fingerprint density at radius 1 is 1.38 bits per heavy atom. The van der Waals surface area contributed by atoms with Gasteiger partial charge < -0.3 is 10.1 Å². The van der Waals surface area contributed by atoms with Gasteiger partial charge in [0.25, 0.3) is 0 Å². The molecule has 1 heterocycles. The predicted molar refractivity (Wildman–Crippen MR) is 67.7 cm³/mol. The summed E-state index contributed by atoms with van der Waals surface area (Å²) in [5.41, 5.74) is 2.37. The van der Waals surface area contributed by atoms with Crippen molar-refractivity contribution in [2.75, 3.05) is 19.0 Å². The van der Waals surface area contributed by atoms with Crippen LogP contribution in [0.1, 0.15) is 17.5 Å². The largest absolute Gasteiger partial charge is 0.493 e. The van der Waals surface area contributed by atoms with Crippen molar-refractivity contribution in [3.8, 4) is 5.75 Å². The SMILES string of the molecule is ClCCCNCc1cc(Cl)cc2c1OCC2. The maximum Gasteiger partial charge on any atom is 0.127 e. The van der Waals surface area contributed by atoms with Gasteiger partial charge in [0.2, 0.25) is 0 Å². The fraction of sp³-hybridized carbons (Fsp3) is 0.500. The van der Waals surface area contributed by atoms with Gasteiger partial charge in [-0.25, -0.2) is 0 Å². The van der Waals surface area contributed by atoms with E-state index in [0.717, 1.165) is 48.9 Å². The minimum atomic E-state index is 0.692. The van der Waals surface area contributed by atoms with E-state index in [-0.39, 0.29) is 0 Å². The number of nitrogens with one attached hydrogen (secondary N) is 1. The van der Waals surface area contributed by atoms with Crippen LogP contribution in [0.25, 0.3) is 0 Å². The van der Waals surface area contributed by atoms with Gasteiger partial charge in [0.05, 0.1) is 6.61 Å². The zero-order chi connectivity index (χ0) is 11.4. The minimum Gasteiger partial charge on any atom is -0.493 e. The average Bonchev–Trinajstić information content (AvgIpc) is 2.72. The van der Waals surface area contributed by atoms with E-state index >= 15 is 0 Å². The molecule has 0 aromatic heterocycles. The number of benzene rings is 1. The van der Waals surface area contributed by atoms with Crippen LogP contribution in [0.3, 0.4) is 0 Å². The molecule has 0 fully saturated rings. The molecule has 88 valence electrons. The summed E-state index contributed by atoms with van der Waals surface area (Å²) in [6, 6.07) is 3.96. The van der Waals surface area contributed by atoms with Gasteiger partial charge in [-0.3, -0.25) is 0 Å². The van der Waals surface area contributed by atoms with Crippen LogP contribution >= 0.6 is 23.2 Å². The van der Waals surface area contributed by atoms with Crippen molar-refractivity contribution < 1.29 is 4.74 Å². The molecule has 0 saturated carbocycles. The standard InChI is InChI=1S/C12H15Cl2NO/c13-3-1-4-15-8-10-7-11(14)6-9-2-5-16-12(9)10/h6-7,15H,1-5,8H2. The third-order valence-electron chi connectivity index (χ3n) is 2.63. The van der Waals surface area contributed by atoms with Crippen molar-refractivity contribution in [3.05, 3.63) is 28.3 Å². The molecule has 1 aromatic carbocycles. The Hall–Kier alpha value is -0.440. The molecule has 2 rings (SSSR count). The molecule has 0 bridgehead atoms. The quantitative estimate of drug-likeness (QED) is 0.649. The second kappa shape index (κ2) is 5.76. The van der Waals surface area contributed by atoms with Crippen LogP contribution in [0, 0.1) is 0 Å². The summed E-state index contributed by atoms with van der Waals surface area (Å²) in [7, 11) is 0.